The number of aromatic nitrogens is 3. The molecular weight excluding hydrogens is 362 g/mol. The van der Waals surface area contributed by atoms with Crippen LogP contribution >= 0.6 is 11.8 Å². The molecule has 2 N–H and O–H groups in total. The van der Waals surface area contributed by atoms with Crippen LogP contribution in [0.2, 0.25) is 0 Å². The smallest absolute Gasteiger partial charge is 0.319 e. The molecule has 146 valence electrons. The molecule has 1 aliphatic rings. The Balaban J connectivity index is 1.49. The molecule has 0 unspecified atom stereocenters. The summed E-state index contributed by atoms with van der Waals surface area (Å²) in [6.45, 7) is 0.576. The maximum atomic E-state index is 12.1. The Morgan fingerprint density at radius 1 is 1.30 bits per heavy atom. The number of aryl methyl sites for hydroxylation is 1. The number of benzene rings is 1. The van der Waals surface area contributed by atoms with E-state index in [1.807, 2.05) is 30.5 Å². The molecule has 0 bridgehead atoms. The zero-order chi connectivity index (χ0) is 19.1. The number of anilines is 1. The molecule has 27 heavy (non-hydrogen) atoms. The van der Waals surface area contributed by atoms with E-state index in [1.165, 1.54) is 25.7 Å². The number of thioether (sulfide) groups is 1. The first kappa shape index (κ1) is 19.5. The van der Waals surface area contributed by atoms with Gasteiger partial charge in [0.15, 0.2) is 5.16 Å². The number of methoxy groups -OCH3 is 1. The van der Waals surface area contributed by atoms with Gasteiger partial charge in [-0.25, -0.2) is 4.79 Å². The minimum absolute atomic E-state index is 0.235. The van der Waals surface area contributed by atoms with E-state index in [4.69, 9.17) is 4.74 Å². The second kappa shape index (κ2) is 9.64. The Morgan fingerprint density at radius 3 is 2.81 bits per heavy atom. The fourth-order valence-corrected chi connectivity index (χ4v) is 4.08. The van der Waals surface area contributed by atoms with E-state index in [-0.39, 0.29) is 6.03 Å². The number of urea groups is 1. The van der Waals surface area contributed by atoms with Crippen LogP contribution in [0.3, 0.4) is 0 Å². The molecular formula is C19H27N5O2S. The molecule has 1 aliphatic carbocycles. The van der Waals surface area contributed by atoms with E-state index in [2.05, 4.69) is 25.4 Å². The second-order valence-electron chi connectivity index (χ2n) is 6.60. The van der Waals surface area contributed by atoms with Crippen molar-refractivity contribution >= 4 is 23.5 Å². The molecule has 0 atom stereocenters. The van der Waals surface area contributed by atoms with Gasteiger partial charge in [0.2, 0.25) is 0 Å². The summed E-state index contributed by atoms with van der Waals surface area (Å²) in [5, 5.41) is 15.4. The van der Waals surface area contributed by atoms with Crippen LogP contribution < -0.4 is 15.4 Å². The van der Waals surface area contributed by atoms with Crippen molar-refractivity contribution < 1.29 is 9.53 Å². The SMILES string of the molecule is COc1ccccc1NC(=O)NCCCc1nnc(SC)n1C1CCCC1. The van der Waals surface area contributed by atoms with Gasteiger partial charge in [0.1, 0.15) is 11.6 Å². The highest BCUT2D eigenvalue weighted by Gasteiger charge is 2.23. The molecule has 8 heteroatoms. The summed E-state index contributed by atoms with van der Waals surface area (Å²) in [6.07, 6.45) is 8.64. The average molecular weight is 390 g/mol. The fourth-order valence-electron chi connectivity index (χ4n) is 3.51. The lowest BCUT2D eigenvalue weighted by atomic mass is 10.2. The maximum Gasteiger partial charge on any atom is 0.319 e. The van der Waals surface area contributed by atoms with Crippen LogP contribution in [-0.4, -0.2) is 40.7 Å². The van der Waals surface area contributed by atoms with Crippen molar-refractivity contribution in [2.75, 3.05) is 25.2 Å². The molecule has 0 saturated heterocycles. The summed E-state index contributed by atoms with van der Waals surface area (Å²) in [7, 11) is 1.59. The number of amides is 2. The van der Waals surface area contributed by atoms with E-state index in [0.29, 0.717) is 24.0 Å². The van der Waals surface area contributed by atoms with Gasteiger partial charge in [0.25, 0.3) is 0 Å². The van der Waals surface area contributed by atoms with Gasteiger partial charge in [-0.3, -0.25) is 0 Å². The van der Waals surface area contributed by atoms with Crippen LogP contribution in [0.4, 0.5) is 10.5 Å². The summed E-state index contributed by atoms with van der Waals surface area (Å²) in [4.78, 5) is 12.1. The van der Waals surface area contributed by atoms with Crippen LogP contribution in [-0.2, 0) is 6.42 Å². The van der Waals surface area contributed by atoms with E-state index in [9.17, 15) is 4.79 Å². The Hall–Kier alpha value is -2.22. The van der Waals surface area contributed by atoms with Crippen LogP contribution in [0.5, 0.6) is 5.75 Å². The summed E-state index contributed by atoms with van der Waals surface area (Å²) >= 11 is 1.65. The Morgan fingerprint density at radius 2 is 2.07 bits per heavy atom. The monoisotopic (exact) mass is 389 g/mol. The van der Waals surface area contributed by atoms with Gasteiger partial charge in [-0.05, 0) is 37.7 Å². The van der Waals surface area contributed by atoms with E-state index in [0.717, 1.165) is 23.8 Å². The van der Waals surface area contributed by atoms with Crippen LogP contribution in [0.1, 0.15) is 44.0 Å². The first-order chi connectivity index (χ1) is 13.2. The Labute approximate surface area is 164 Å². The molecule has 2 aromatic rings. The van der Waals surface area contributed by atoms with E-state index < -0.39 is 0 Å². The molecule has 0 aliphatic heterocycles. The van der Waals surface area contributed by atoms with Crippen molar-refractivity contribution in [2.24, 2.45) is 0 Å². The summed E-state index contributed by atoms with van der Waals surface area (Å²) in [5.74, 6) is 1.67. The molecule has 1 aromatic carbocycles. The molecule has 0 radical (unpaired) electrons. The lowest BCUT2D eigenvalue weighted by Gasteiger charge is -2.16. The number of nitrogens with one attached hydrogen (secondary N) is 2. The third kappa shape index (κ3) is 4.94. The average Bonchev–Trinajstić information content (AvgIpc) is 3.34. The number of hydrogen-bond acceptors (Lipinski definition) is 5. The summed E-state index contributed by atoms with van der Waals surface area (Å²) < 4.78 is 7.55. The first-order valence-electron chi connectivity index (χ1n) is 9.38. The molecule has 1 aromatic heterocycles. The highest BCUT2D eigenvalue weighted by Crippen LogP contribution is 2.33. The van der Waals surface area contributed by atoms with Gasteiger partial charge < -0.3 is 19.9 Å². The van der Waals surface area contributed by atoms with Gasteiger partial charge in [-0.1, -0.05) is 36.7 Å². The van der Waals surface area contributed by atoms with Crippen LogP contribution in [0.15, 0.2) is 29.4 Å². The molecule has 1 fully saturated rings. The molecule has 0 spiro atoms. The molecule has 7 nitrogen and oxygen atoms in total. The van der Waals surface area contributed by atoms with Crippen molar-refractivity contribution in [3.05, 3.63) is 30.1 Å². The lowest BCUT2D eigenvalue weighted by Crippen LogP contribution is -2.30. The van der Waals surface area contributed by atoms with Crippen molar-refractivity contribution in [2.45, 2.75) is 49.7 Å². The van der Waals surface area contributed by atoms with Crippen molar-refractivity contribution in [3.8, 4) is 5.75 Å². The number of carbonyl (C=O) groups excluding carboxylic acids is 1. The zero-order valence-electron chi connectivity index (χ0n) is 15.9. The van der Waals surface area contributed by atoms with Gasteiger partial charge in [-0.15, -0.1) is 10.2 Å². The third-order valence-corrected chi connectivity index (χ3v) is 5.47. The number of hydrogen-bond donors (Lipinski definition) is 2. The van der Waals surface area contributed by atoms with Crippen molar-refractivity contribution in [1.29, 1.82) is 0 Å². The van der Waals surface area contributed by atoms with Crippen LogP contribution in [0.25, 0.3) is 0 Å². The van der Waals surface area contributed by atoms with Crippen LogP contribution in [0, 0.1) is 0 Å². The minimum atomic E-state index is -0.235. The Kier molecular flexibility index (Phi) is 6.98. The Bertz CT molecular complexity index is 758. The lowest BCUT2D eigenvalue weighted by molar-refractivity contribution is 0.252. The number of carbonyl (C=O) groups is 1. The highest BCUT2D eigenvalue weighted by molar-refractivity contribution is 7.98. The molecule has 1 heterocycles. The molecule has 3 rings (SSSR count). The maximum absolute atomic E-state index is 12.1. The summed E-state index contributed by atoms with van der Waals surface area (Å²) in [6, 6.07) is 7.64. The summed E-state index contributed by atoms with van der Waals surface area (Å²) in [5.41, 5.74) is 0.656. The molecule has 2 amide bonds. The normalized spacial score (nSPS) is 14.3. The van der Waals surface area contributed by atoms with Gasteiger partial charge in [0, 0.05) is 19.0 Å². The predicted molar refractivity (Wildman–Crippen MR) is 108 cm³/mol. The number of ether oxygens (including phenoxy) is 1. The number of rotatable bonds is 8. The first-order valence-corrected chi connectivity index (χ1v) is 10.6. The van der Waals surface area contributed by atoms with E-state index in [1.54, 1.807) is 18.9 Å². The van der Waals surface area contributed by atoms with Gasteiger partial charge in [-0.2, -0.15) is 0 Å². The standard InChI is InChI=1S/C19H27N5O2S/c1-26-16-11-6-5-10-15(16)21-18(25)20-13-7-12-17-22-23-19(27-2)24(17)14-8-3-4-9-14/h5-6,10-11,14H,3-4,7-9,12-13H2,1-2H3,(H2,20,21,25). The largest absolute Gasteiger partial charge is 0.495 e. The van der Waals surface area contributed by atoms with Crippen molar-refractivity contribution in [3.63, 3.8) is 0 Å². The van der Waals surface area contributed by atoms with E-state index >= 15 is 0 Å². The molecule has 1 saturated carbocycles. The topological polar surface area (TPSA) is 81.1 Å². The second-order valence-corrected chi connectivity index (χ2v) is 7.37. The highest BCUT2D eigenvalue weighted by atomic mass is 32.2. The fraction of sp³-hybridized carbons (Fsp3) is 0.526. The quantitative estimate of drug-likeness (QED) is 0.529. The van der Waals surface area contributed by atoms with Gasteiger partial charge >= 0.3 is 6.03 Å². The van der Waals surface area contributed by atoms with Crippen molar-refractivity contribution in [1.82, 2.24) is 20.1 Å². The number of nitrogens with zero attached hydrogens (tertiary/aromatic N) is 3. The minimum Gasteiger partial charge on any atom is -0.495 e. The van der Waals surface area contributed by atoms with Gasteiger partial charge in [0.05, 0.1) is 12.8 Å². The predicted octanol–water partition coefficient (Wildman–Crippen LogP) is 3.88. The zero-order valence-corrected chi connectivity index (χ0v) is 16.7. The number of para-hydroxylation sites is 2. The third-order valence-electron chi connectivity index (χ3n) is 4.83.